The number of rotatable bonds is 6. The molecule has 1 N–H and O–H groups in total. The molecule has 3 aromatic rings. The number of nitrogens with zero attached hydrogens (tertiary/aromatic N) is 4. The lowest BCUT2D eigenvalue weighted by atomic mass is 10.2. The fraction of sp³-hybridized carbons (Fsp3) is 0.176. The van der Waals surface area contributed by atoms with E-state index in [9.17, 15) is 4.79 Å². The summed E-state index contributed by atoms with van der Waals surface area (Å²) in [5.41, 5.74) is 3.44. The highest BCUT2D eigenvalue weighted by atomic mass is 32.2. The van der Waals surface area contributed by atoms with Gasteiger partial charge in [0.25, 0.3) is 5.91 Å². The minimum atomic E-state index is -0.228. The molecule has 8 heteroatoms. The number of benzene rings is 1. The topological polar surface area (TPSA) is 85.3 Å². The monoisotopic (exact) mass is 355 g/mol. The van der Waals surface area contributed by atoms with Crippen molar-refractivity contribution < 1.29 is 9.21 Å². The van der Waals surface area contributed by atoms with Crippen LogP contribution in [0.3, 0.4) is 0 Å². The summed E-state index contributed by atoms with van der Waals surface area (Å²) in [6.45, 7) is 1.84. The number of carbonyl (C=O) groups is 1. The predicted octanol–water partition coefficient (Wildman–Crippen LogP) is 2.63. The largest absolute Gasteiger partial charge is 0.460 e. The first-order valence-electron chi connectivity index (χ1n) is 7.59. The molecule has 3 rings (SSSR count). The molecule has 0 radical (unpaired) electrons. The molecule has 7 nitrogen and oxygen atoms in total. The maximum Gasteiger partial charge on any atom is 0.250 e. The van der Waals surface area contributed by atoms with Crippen LogP contribution >= 0.6 is 11.8 Å². The molecule has 0 spiro atoms. The number of furan rings is 1. The van der Waals surface area contributed by atoms with Gasteiger partial charge in [-0.3, -0.25) is 4.79 Å². The van der Waals surface area contributed by atoms with Crippen molar-refractivity contribution >= 4 is 23.9 Å². The van der Waals surface area contributed by atoms with E-state index in [1.165, 1.54) is 18.0 Å². The zero-order chi connectivity index (χ0) is 17.6. The van der Waals surface area contributed by atoms with Crippen LogP contribution in [-0.4, -0.2) is 32.6 Å². The average molecular weight is 355 g/mol. The average Bonchev–Trinajstić information content (AvgIpc) is 3.19. The molecular formula is C17H17N5O2S. The van der Waals surface area contributed by atoms with Crippen LogP contribution < -0.4 is 5.43 Å². The molecule has 0 fully saturated rings. The number of aromatic nitrogens is 3. The first kappa shape index (κ1) is 17.0. The van der Waals surface area contributed by atoms with Crippen molar-refractivity contribution in [2.75, 3.05) is 5.75 Å². The summed E-state index contributed by atoms with van der Waals surface area (Å²) in [6.07, 6.45) is 1.46. The van der Waals surface area contributed by atoms with Crippen LogP contribution in [0, 0.1) is 6.92 Å². The third kappa shape index (κ3) is 4.36. The fourth-order valence-corrected chi connectivity index (χ4v) is 2.84. The lowest BCUT2D eigenvalue weighted by molar-refractivity contribution is -0.118. The van der Waals surface area contributed by atoms with Gasteiger partial charge in [0.05, 0.1) is 12.0 Å². The van der Waals surface area contributed by atoms with Crippen molar-refractivity contribution in [1.29, 1.82) is 0 Å². The van der Waals surface area contributed by atoms with Gasteiger partial charge in [0.1, 0.15) is 11.5 Å². The van der Waals surface area contributed by atoms with Crippen LogP contribution in [0.4, 0.5) is 0 Å². The van der Waals surface area contributed by atoms with Gasteiger partial charge in [-0.1, -0.05) is 42.1 Å². The normalized spacial score (nSPS) is 11.1. The minimum Gasteiger partial charge on any atom is -0.460 e. The molecule has 0 unspecified atom stereocenters. The maximum atomic E-state index is 11.9. The molecule has 25 heavy (non-hydrogen) atoms. The maximum absolute atomic E-state index is 11.9. The van der Waals surface area contributed by atoms with Crippen LogP contribution in [0.5, 0.6) is 0 Å². The molecule has 1 aromatic carbocycles. The van der Waals surface area contributed by atoms with Crippen molar-refractivity contribution in [2.24, 2.45) is 12.1 Å². The minimum absolute atomic E-state index is 0.190. The summed E-state index contributed by atoms with van der Waals surface area (Å²) >= 11 is 1.30. The van der Waals surface area contributed by atoms with Crippen molar-refractivity contribution in [3.05, 3.63) is 54.0 Å². The zero-order valence-electron chi connectivity index (χ0n) is 13.8. The number of hydrazone groups is 1. The van der Waals surface area contributed by atoms with Crippen molar-refractivity contribution in [3.63, 3.8) is 0 Å². The van der Waals surface area contributed by atoms with Gasteiger partial charge < -0.3 is 8.98 Å². The second-order valence-electron chi connectivity index (χ2n) is 5.26. The van der Waals surface area contributed by atoms with Crippen LogP contribution in [0.15, 0.2) is 57.1 Å². The first-order chi connectivity index (χ1) is 12.1. The number of aryl methyl sites for hydroxylation is 1. The Kier molecular flexibility index (Phi) is 5.30. The summed E-state index contributed by atoms with van der Waals surface area (Å²) in [4.78, 5) is 11.9. The van der Waals surface area contributed by atoms with Gasteiger partial charge in [0.2, 0.25) is 0 Å². The molecular weight excluding hydrogens is 338 g/mol. The molecule has 0 aliphatic heterocycles. The molecule has 2 heterocycles. The van der Waals surface area contributed by atoms with E-state index in [-0.39, 0.29) is 11.7 Å². The Morgan fingerprint density at radius 1 is 1.28 bits per heavy atom. The van der Waals surface area contributed by atoms with E-state index in [4.69, 9.17) is 4.42 Å². The summed E-state index contributed by atoms with van der Waals surface area (Å²) in [5.74, 6) is 2.10. The van der Waals surface area contributed by atoms with Gasteiger partial charge >= 0.3 is 0 Å². The highest BCUT2D eigenvalue weighted by molar-refractivity contribution is 7.99. The molecule has 0 bridgehead atoms. The molecule has 0 atom stereocenters. The highest BCUT2D eigenvalue weighted by Gasteiger charge is 2.12. The van der Waals surface area contributed by atoms with E-state index in [1.807, 2.05) is 54.9 Å². The van der Waals surface area contributed by atoms with Crippen molar-refractivity contribution in [2.45, 2.75) is 12.1 Å². The standard InChI is InChI=1S/C17H17N5O2S/c1-12-8-9-14(24-12)10-18-19-15(23)11-25-17-21-20-16(22(17)2)13-6-4-3-5-7-13/h3-10H,11H2,1-2H3,(H,19,23)/b18-10+. The van der Waals surface area contributed by atoms with E-state index in [1.54, 1.807) is 6.07 Å². The number of nitrogens with one attached hydrogen (secondary N) is 1. The van der Waals surface area contributed by atoms with Gasteiger partial charge in [-0.2, -0.15) is 5.10 Å². The third-order valence-corrected chi connectivity index (χ3v) is 4.36. The van der Waals surface area contributed by atoms with Gasteiger partial charge in [-0.15, -0.1) is 10.2 Å². The van der Waals surface area contributed by atoms with E-state index in [2.05, 4.69) is 20.7 Å². The molecule has 128 valence electrons. The Morgan fingerprint density at radius 3 is 2.80 bits per heavy atom. The SMILES string of the molecule is Cc1ccc(/C=N/NC(=O)CSc2nnc(-c3ccccc3)n2C)o1. The second kappa shape index (κ2) is 7.80. The second-order valence-corrected chi connectivity index (χ2v) is 6.20. The van der Waals surface area contributed by atoms with Crippen LogP contribution in [0.25, 0.3) is 11.4 Å². The van der Waals surface area contributed by atoms with Crippen molar-refractivity contribution in [3.8, 4) is 11.4 Å². The molecule has 0 saturated carbocycles. The molecule has 0 aliphatic rings. The number of carbonyl (C=O) groups excluding carboxylic acids is 1. The predicted molar refractivity (Wildman–Crippen MR) is 96.3 cm³/mol. The van der Waals surface area contributed by atoms with Crippen LogP contribution in [-0.2, 0) is 11.8 Å². The van der Waals surface area contributed by atoms with Gasteiger partial charge in [-0.25, -0.2) is 5.43 Å². The summed E-state index contributed by atoms with van der Waals surface area (Å²) in [5, 5.41) is 12.9. The van der Waals surface area contributed by atoms with Crippen molar-refractivity contribution in [1.82, 2.24) is 20.2 Å². The third-order valence-electron chi connectivity index (χ3n) is 3.34. The Hall–Kier alpha value is -2.87. The highest BCUT2D eigenvalue weighted by Crippen LogP contribution is 2.22. The van der Waals surface area contributed by atoms with Gasteiger partial charge in [-0.05, 0) is 19.1 Å². The zero-order valence-corrected chi connectivity index (χ0v) is 14.7. The molecule has 0 aliphatic carbocycles. The van der Waals surface area contributed by atoms with Gasteiger partial charge in [0, 0.05) is 12.6 Å². The Morgan fingerprint density at radius 2 is 2.08 bits per heavy atom. The first-order valence-corrected chi connectivity index (χ1v) is 8.58. The summed E-state index contributed by atoms with van der Waals surface area (Å²) in [6, 6.07) is 13.4. The Bertz CT molecular complexity index is 886. The number of amides is 1. The Labute approximate surface area is 149 Å². The lowest BCUT2D eigenvalue weighted by Crippen LogP contribution is -2.19. The summed E-state index contributed by atoms with van der Waals surface area (Å²) in [7, 11) is 1.87. The van der Waals surface area contributed by atoms with E-state index >= 15 is 0 Å². The number of hydrogen-bond donors (Lipinski definition) is 1. The number of hydrogen-bond acceptors (Lipinski definition) is 6. The molecule has 1 amide bonds. The summed E-state index contributed by atoms with van der Waals surface area (Å²) < 4.78 is 7.19. The van der Waals surface area contributed by atoms with E-state index in [0.717, 1.165) is 17.1 Å². The van der Waals surface area contributed by atoms with Crippen LogP contribution in [0.2, 0.25) is 0 Å². The number of thioether (sulfide) groups is 1. The van der Waals surface area contributed by atoms with E-state index < -0.39 is 0 Å². The van der Waals surface area contributed by atoms with Gasteiger partial charge in [0.15, 0.2) is 11.0 Å². The quantitative estimate of drug-likeness (QED) is 0.417. The Balaban J connectivity index is 1.54. The fourth-order valence-electron chi connectivity index (χ4n) is 2.13. The lowest BCUT2D eigenvalue weighted by Gasteiger charge is -2.03. The smallest absolute Gasteiger partial charge is 0.250 e. The van der Waals surface area contributed by atoms with Crippen LogP contribution in [0.1, 0.15) is 11.5 Å². The molecule has 0 saturated heterocycles. The molecule has 2 aromatic heterocycles. The van der Waals surface area contributed by atoms with E-state index in [0.29, 0.717) is 10.9 Å².